The zero-order chi connectivity index (χ0) is 13.4. The molecule has 0 saturated carbocycles. The SMILES string of the molecule is C#Cc1ccc2c(c1)SN(C)c1ccccc1C2Cl. The third-order valence-electron chi connectivity index (χ3n) is 3.24. The van der Waals surface area contributed by atoms with Gasteiger partial charge in [0.2, 0.25) is 0 Å². The number of halogens is 1. The standard InChI is InChI=1S/C16H12ClNS/c1-3-11-8-9-13-15(10-11)19-18(2)14-7-5-4-6-12(14)16(13)17/h1,4-10,16H,2H3. The summed E-state index contributed by atoms with van der Waals surface area (Å²) in [6, 6.07) is 14.2. The summed E-state index contributed by atoms with van der Waals surface area (Å²) >= 11 is 8.31. The average molecular weight is 286 g/mol. The highest BCUT2D eigenvalue weighted by Gasteiger charge is 2.24. The van der Waals surface area contributed by atoms with Crippen molar-refractivity contribution in [2.24, 2.45) is 0 Å². The van der Waals surface area contributed by atoms with Crippen LogP contribution in [0.4, 0.5) is 5.69 Å². The third kappa shape index (κ3) is 2.10. The van der Waals surface area contributed by atoms with Crippen molar-refractivity contribution in [3.63, 3.8) is 0 Å². The highest BCUT2D eigenvalue weighted by Crippen LogP contribution is 2.45. The Balaban J connectivity index is 2.20. The van der Waals surface area contributed by atoms with Crippen LogP contribution < -0.4 is 4.31 Å². The van der Waals surface area contributed by atoms with E-state index in [1.54, 1.807) is 11.9 Å². The molecule has 3 rings (SSSR count). The molecule has 0 N–H and O–H groups in total. The van der Waals surface area contributed by atoms with Gasteiger partial charge in [-0.15, -0.1) is 18.0 Å². The van der Waals surface area contributed by atoms with Crippen LogP contribution in [0, 0.1) is 12.3 Å². The molecule has 1 atom stereocenters. The van der Waals surface area contributed by atoms with Gasteiger partial charge in [-0.3, -0.25) is 0 Å². The van der Waals surface area contributed by atoms with E-state index < -0.39 is 0 Å². The minimum atomic E-state index is -0.143. The Hall–Kier alpha value is -1.56. The molecule has 2 aromatic carbocycles. The van der Waals surface area contributed by atoms with Gasteiger partial charge in [-0.25, -0.2) is 0 Å². The van der Waals surface area contributed by atoms with Crippen molar-refractivity contribution in [1.29, 1.82) is 0 Å². The van der Waals surface area contributed by atoms with Gasteiger partial charge in [0.25, 0.3) is 0 Å². The number of alkyl halides is 1. The molecule has 19 heavy (non-hydrogen) atoms. The van der Waals surface area contributed by atoms with E-state index in [1.165, 1.54) is 0 Å². The van der Waals surface area contributed by atoms with Gasteiger partial charge in [-0.2, -0.15) is 0 Å². The van der Waals surface area contributed by atoms with Crippen molar-refractivity contribution >= 4 is 29.2 Å². The Labute approximate surface area is 122 Å². The molecule has 1 aliphatic heterocycles. The number of fused-ring (bicyclic) bond motifs is 2. The van der Waals surface area contributed by atoms with Crippen molar-refractivity contribution in [3.05, 3.63) is 59.2 Å². The Bertz CT molecular complexity index is 675. The summed E-state index contributed by atoms with van der Waals surface area (Å²) in [5.74, 6) is 2.67. The van der Waals surface area contributed by atoms with Gasteiger partial charge in [-0.05, 0) is 41.3 Å². The lowest BCUT2D eigenvalue weighted by Gasteiger charge is -2.18. The fourth-order valence-corrected chi connectivity index (χ4v) is 3.74. The number of terminal acetylenes is 1. The van der Waals surface area contributed by atoms with Crippen LogP contribution in [0.2, 0.25) is 0 Å². The van der Waals surface area contributed by atoms with E-state index in [1.807, 2.05) is 37.4 Å². The first-order valence-electron chi connectivity index (χ1n) is 5.96. The van der Waals surface area contributed by atoms with Crippen LogP contribution in [0.1, 0.15) is 22.1 Å². The van der Waals surface area contributed by atoms with Crippen LogP contribution in [0.15, 0.2) is 47.4 Å². The maximum absolute atomic E-state index is 6.65. The number of nitrogens with zero attached hydrogens (tertiary/aromatic N) is 1. The van der Waals surface area contributed by atoms with Gasteiger partial charge in [-0.1, -0.05) is 30.2 Å². The lowest BCUT2D eigenvalue weighted by Crippen LogP contribution is -2.06. The number of anilines is 1. The maximum atomic E-state index is 6.65. The molecule has 1 aliphatic rings. The lowest BCUT2D eigenvalue weighted by molar-refractivity contribution is 1.09. The molecule has 2 aromatic rings. The van der Waals surface area contributed by atoms with Crippen molar-refractivity contribution in [2.75, 3.05) is 11.4 Å². The minimum absolute atomic E-state index is 0.143. The molecule has 1 heterocycles. The largest absolute Gasteiger partial charge is 0.315 e. The van der Waals surface area contributed by atoms with Gasteiger partial charge < -0.3 is 4.31 Å². The van der Waals surface area contributed by atoms with E-state index in [4.69, 9.17) is 18.0 Å². The van der Waals surface area contributed by atoms with E-state index in [0.29, 0.717) is 0 Å². The molecule has 0 aliphatic carbocycles. The maximum Gasteiger partial charge on any atom is 0.0867 e. The second-order valence-electron chi connectivity index (χ2n) is 4.41. The monoisotopic (exact) mass is 285 g/mol. The Morgan fingerprint density at radius 1 is 1.21 bits per heavy atom. The summed E-state index contributed by atoms with van der Waals surface area (Å²) in [6.07, 6.45) is 5.47. The summed E-state index contributed by atoms with van der Waals surface area (Å²) in [7, 11) is 2.05. The van der Waals surface area contributed by atoms with E-state index in [0.717, 1.165) is 27.3 Å². The summed E-state index contributed by atoms with van der Waals surface area (Å²) in [6.45, 7) is 0. The quantitative estimate of drug-likeness (QED) is 0.400. The zero-order valence-corrected chi connectivity index (χ0v) is 12.0. The predicted molar refractivity (Wildman–Crippen MR) is 82.8 cm³/mol. The third-order valence-corrected chi connectivity index (χ3v) is 4.73. The fraction of sp³-hybridized carbons (Fsp3) is 0.125. The molecule has 0 radical (unpaired) electrons. The van der Waals surface area contributed by atoms with Gasteiger partial charge in [0.05, 0.1) is 11.1 Å². The number of hydrogen-bond acceptors (Lipinski definition) is 2. The first-order valence-corrected chi connectivity index (χ1v) is 7.17. The summed E-state index contributed by atoms with van der Waals surface area (Å²) < 4.78 is 2.14. The first-order chi connectivity index (χ1) is 9.20. The summed E-state index contributed by atoms with van der Waals surface area (Å²) in [5.41, 5.74) is 4.27. The highest BCUT2D eigenvalue weighted by atomic mass is 35.5. The van der Waals surface area contributed by atoms with Crippen LogP contribution in [-0.2, 0) is 0 Å². The van der Waals surface area contributed by atoms with Gasteiger partial charge in [0.15, 0.2) is 0 Å². The topological polar surface area (TPSA) is 3.24 Å². The molecule has 94 valence electrons. The molecule has 1 unspecified atom stereocenters. The smallest absolute Gasteiger partial charge is 0.0867 e. The summed E-state index contributed by atoms with van der Waals surface area (Å²) in [5, 5.41) is -0.143. The Morgan fingerprint density at radius 3 is 2.79 bits per heavy atom. The molecule has 0 bridgehead atoms. The van der Waals surface area contributed by atoms with Crippen molar-refractivity contribution in [2.45, 2.75) is 10.3 Å². The van der Waals surface area contributed by atoms with Crippen LogP contribution in [0.25, 0.3) is 0 Å². The van der Waals surface area contributed by atoms with Crippen LogP contribution in [0.5, 0.6) is 0 Å². The molecular formula is C16H12ClNS. The minimum Gasteiger partial charge on any atom is -0.315 e. The van der Waals surface area contributed by atoms with E-state index >= 15 is 0 Å². The Morgan fingerprint density at radius 2 is 2.00 bits per heavy atom. The molecule has 0 aromatic heterocycles. The molecule has 0 saturated heterocycles. The van der Waals surface area contributed by atoms with E-state index in [2.05, 4.69) is 22.4 Å². The van der Waals surface area contributed by atoms with Crippen LogP contribution in [-0.4, -0.2) is 7.05 Å². The highest BCUT2D eigenvalue weighted by molar-refractivity contribution is 8.00. The molecule has 0 spiro atoms. The zero-order valence-electron chi connectivity index (χ0n) is 10.4. The lowest BCUT2D eigenvalue weighted by atomic mass is 10.0. The number of hydrogen-bond donors (Lipinski definition) is 0. The number of rotatable bonds is 0. The molecule has 0 fully saturated rings. The van der Waals surface area contributed by atoms with Crippen LogP contribution >= 0.6 is 23.5 Å². The predicted octanol–water partition coefficient (Wildman–Crippen LogP) is 4.45. The van der Waals surface area contributed by atoms with E-state index in [9.17, 15) is 0 Å². The molecule has 3 heteroatoms. The van der Waals surface area contributed by atoms with Crippen molar-refractivity contribution < 1.29 is 0 Å². The van der Waals surface area contributed by atoms with Gasteiger partial charge >= 0.3 is 0 Å². The average Bonchev–Trinajstić information content (AvgIpc) is 2.55. The first kappa shape index (κ1) is 12.5. The van der Waals surface area contributed by atoms with Crippen molar-refractivity contribution in [1.82, 2.24) is 0 Å². The number of para-hydroxylation sites is 1. The fourth-order valence-electron chi connectivity index (χ4n) is 2.27. The number of benzene rings is 2. The molecular weight excluding hydrogens is 274 g/mol. The normalized spacial score (nSPS) is 17.1. The van der Waals surface area contributed by atoms with Gasteiger partial charge in [0.1, 0.15) is 0 Å². The Kier molecular flexibility index (Phi) is 3.18. The second kappa shape index (κ2) is 4.85. The van der Waals surface area contributed by atoms with Crippen LogP contribution in [0.3, 0.4) is 0 Å². The molecule has 1 nitrogen and oxygen atoms in total. The molecule has 0 amide bonds. The second-order valence-corrected chi connectivity index (χ2v) is 6.01. The van der Waals surface area contributed by atoms with E-state index in [-0.39, 0.29) is 5.38 Å². The summed E-state index contributed by atoms with van der Waals surface area (Å²) in [4.78, 5) is 1.12. The van der Waals surface area contributed by atoms with Gasteiger partial charge in [0, 0.05) is 17.5 Å². The van der Waals surface area contributed by atoms with Crippen molar-refractivity contribution in [3.8, 4) is 12.3 Å².